The number of hydrogen-bond acceptors (Lipinski definition) is 4. The Kier molecular flexibility index (Phi) is 7.06. The van der Waals surface area contributed by atoms with Crippen molar-refractivity contribution in [3.05, 3.63) is 52.3 Å². The van der Waals surface area contributed by atoms with Crippen molar-refractivity contribution in [2.45, 2.75) is 59.2 Å². The summed E-state index contributed by atoms with van der Waals surface area (Å²) in [5.74, 6) is -1.15. The van der Waals surface area contributed by atoms with E-state index in [1.54, 1.807) is 6.92 Å². The lowest BCUT2D eigenvalue weighted by Gasteiger charge is -2.24. The summed E-state index contributed by atoms with van der Waals surface area (Å²) in [6, 6.07) is 5.05. The van der Waals surface area contributed by atoms with E-state index >= 15 is 0 Å². The number of esters is 1. The normalized spacial score (nSPS) is 12.0. The van der Waals surface area contributed by atoms with Crippen LogP contribution in [0, 0.1) is 0 Å². The summed E-state index contributed by atoms with van der Waals surface area (Å²) >= 11 is 0. The van der Waals surface area contributed by atoms with E-state index in [-0.39, 0.29) is 40.7 Å². The van der Waals surface area contributed by atoms with Crippen molar-refractivity contribution in [3.63, 3.8) is 0 Å². The molecule has 7 heteroatoms. The van der Waals surface area contributed by atoms with Gasteiger partial charge in [0.05, 0.1) is 30.0 Å². The largest absolute Gasteiger partial charge is 0.462 e. The molecule has 4 nitrogen and oxygen atoms in total. The second-order valence-electron chi connectivity index (χ2n) is 7.34. The maximum absolute atomic E-state index is 13.8. The fourth-order valence-electron chi connectivity index (χ4n) is 3.37. The van der Waals surface area contributed by atoms with Crippen molar-refractivity contribution < 1.29 is 27.8 Å². The molecule has 0 bridgehead atoms. The van der Waals surface area contributed by atoms with Crippen LogP contribution in [0.3, 0.4) is 0 Å². The van der Waals surface area contributed by atoms with E-state index in [1.807, 2.05) is 27.7 Å². The average molecular weight is 409 g/mol. The summed E-state index contributed by atoms with van der Waals surface area (Å²) < 4.78 is 46.5. The van der Waals surface area contributed by atoms with Gasteiger partial charge in [-0.2, -0.15) is 13.2 Å². The number of alkyl halides is 3. The molecule has 1 aromatic heterocycles. The Morgan fingerprint density at radius 2 is 1.69 bits per heavy atom. The van der Waals surface area contributed by atoms with Crippen LogP contribution >= 0.6 is 0 Å². The van der Waals surface area contributed by atoms with Crippen molar-refractivity contribution in [2.75, 3.05) is 6.61 Å². The maximum Gasteiger partial charge on any atom is 0.417 e. The van der Waals surface area contributed by atoms with Crippen molar-refractivity contribution in [3.8, 4) is 11.1 Å². The first-order chi connectivity index (χ1) is 13.5. The van der Waals surface area contributed by atoms with Gasteiger partial charge >= 0.3 is 12.1 Å². The van der Waals surface area contributed by atoms with Crippen LogP contribution in [0.4, 0.5) is 13.2 Å². The molecule has 0 saturated heterocycles. The lowest BCUT2D eigenvalue weighted by Crippen LogP contribution is -2.19. The predicted molar refractivity (Wildman–Crippen MR) is 105 cm³/mol. The van der Waals surface area contributed by atoms with Crippen LogP contribution in [-0.2, 0) is 17.5 Å². The summed E-state index contributed by atoms with van der Waals surface area (Å²) in [7, 11) is 0. The number of pyridine rings is 1. The molecule has 0 saturated carbocycles. The first kappa shape index (κ1) is 22.9. The second kappa shape index (κ2) is 8.95. The van der Waals surface area contributed by atoms with Crippen LogP contribution in [0.25, 0.3) is 11.1 Å². The van der Waals surface area contributed by atoms with Gasteiger partial charge in [0.25, 0.3) is 0 Å². The van der Waals surface area contributed by atoms with Gasteiger partial charge in [-0.3, -0.25) is 4.98 Å². The minimum Gasteiger partial charge on any atom is -0.462 e. The Bertz CT molecular complexity index is 890. The first-order valence-corrected chi connectivity index (χ1v) is 9.55. The van der Waals surface area contributed by atoms with E-state index < -0.39 is 24.3 Å². The molecule has 158 valence electrons. The molecule has 1 N–H and O–H groups in total. The summed E-state index contributed by atoms with van der Waals surface area (Å²) in [6.07, 6.45) is -4.63. The van der Waals surface area contributed by atoms with Gasteiger partial charge in [0, 0.05) is 16.8 Å². The average Bonchev–Trinajstić information content (AvgIpc) is 2.65. The number of ether oxygens (including phenoxy) is 1. The van der Waals surface area contributed by atoms with Crippen LogP contribution in [0.1, 0.15) is 79.3 Å². The fraction of sp³-hybridized carbons (Fsp3) is 0.455. The Morgan fingerprint density at radius 1 is 1.10 bits per heavy atom. The van der Waals surface area contributed by atoms with Gasteiger partial charge in [-0.05, 0) is 30.4 Å². The molecule has 29 heavy (non-hydrogen) atoms. The van der Waals surface area contributed by atoms with Crippen molar-refractivity contribution in [2.24, 2.45) is 0 Å². The minimum absolute atomic E-state index is 0.0213. The highest BCUT2D eigenvalue weighted by Crippen LogP contribution is 2.42. The molecule has 2 aromatic rings. The molecular weight excluding hydrogens is 383 g/mol. The molecule has 0 aliphatic rings. The molecule has 0 fully saturated rings. The molecule has 1 heterocycles. The zero-order valence-electron chi connectivity index (χ0n) is 17.2. The van der Waals surface area contributed by atoms with Crippen LogP contribution in [0.2, 0.25) is 0 Å². The van der Waals surface area contributed by atoms with Crippen molar-refractivity contribution in [1.82, 2.24) is 4.98 Å². The molecule has 0 aliphatic carbocycles. The van der Waals surface area contributed by atoms with Crippen LogP contribution in [0.15, 0.2) is 24.3 Å². The Labute approximate surface area is 168 Å². The topological polar surface area (TPSA) is 59.4 Å². The fourth-order valence-corrected chi connectivity index (χ4v) is 3.37. The summed E-state index contributed by atoms with van der Waals surface area (Å²) in [5, 5.41) is 10.1. The SMILES string of the molecule is CCOC(=O)c1c(C(C)C)nc(C(C)C)c(CO)c1-c1ccccc1C(F)(F)F. The number of aromatic nitrogens is 1. The lowest BCUT2D eigenvalue weighted by molar-refractivity contribution is -0.137. The highest BCUT2D eigenvalue weighted by Gasteiger charge is 2.36. The van der Waals surface area contributed by atoms with Gasteiger partial charge < -0.3 is 9.84 Å². The zero-order valence-corrected chi connectivity index (χ0v) is 17.2. The molecule has 0 spiro atoms. The number of nitrogens with zero attached hydrogens (tertiary/aromatic N) is 1. The van der Waals surface area contributed by atoms with Gasteiger partial charge in [-0.1, -0.05) is 45.9 Å². The molecule has 0 atom stereocenters. The summed E-state index contributed by atoms with van der Waals surface area (Å²) in [5.41, 5.74) is 0.0131. The third-order valence-corrected chi connectivity index (χ3v) is 4.59. The van der Waals surface area contributed by atoms with Crippen LogP contribution < -0.4 is 0 Å². The molecule has 0 unspecified atom stereocenters. The van der Waals surface area contributed by atoms with Gasteiger partial charge in [0.1, 0.15) is 0 Å². The van der Waals surface area contributed by atoms with Crippen LogP contribution in [0.5, 0.6) is 0 Å². The number of rotatable bonds is 6. The smallest absolute Gasteiger partial charge is 0.417 e. The van der Waals surface area contributed by atoms with E-state index in [0.717, 1.165) is 6.07 Å². The zero-order chi connectivity index (χ0) is 21.9. The molecule has 0 radical (unpaired) electrons. The number of aliphatic hydroxyl groups is 1. The standard InChI is InChI=1S/C22H26F3NO3/c1-6-29-21(28)18-17(14-9-7-8-10-16(14)22(23,24)25)15(11-27)19(12(2)3)26-20(18)13(4)5/h7-10,12-13,27H,6,11H2,1-5H3. The van der Waals surface area contributed by atoms with Gasteiger partial charge in [-0.15, -0.1) is 0 Å². The van der Waals surface area contributed by atoms with E-state index in [1.165, 1.54) is 18.2 Å². The number of carbonyl (C=O) groups excluding carboxylic acids is 1. The highest BCUT2D eigenvalue weighted by molar-refractivity contribution is 6.00. The monoisotopic (exact) mass is 409 g/mol. The van der Waals surface area contributed by atoms with Crippen LogP contribution in [-0.4, -0.2) is 22.7 Å². The Hall–Kier alpha value is -2.41. The van der Waals surface area contributed by atoms with E-state index in [0.29, 0.717) is 11.4 Å². The number of halogens is 3. The lowest BCUT2D eigenvalue weighted by atomic mass is 9.85. The quantitative estimate of drug-likeness (QED) is 0.624. The first-order valence-electron chi connectivity index (χ1n) is 9.55. The van der Waals surface area contributed by atoms with Gasteiger partial charge in [0.15, 0.2) is 0 Å². The van der Waals surface area contributed by atoms with Crippen molar-refractivity contribution in [1.29, 1.82) is 0 Å². The molecule has 0 aliphatic heterocycles. The number of carbonyl (C=O) groups is 1. The summed E-state index contributed by atoms with van der Waals surface area (Å²) in [4.78, 5) is 17.4. The number of aliphatic hydroxyl groups excluding tert-OH is 1. The molecule has 1 aromatic carbocycles. The predicted octanol–water partition coefficient (Wildman–Crippen LogP) is 5.68. The van der Waals surface area contributed by atoms with Gasteiger partial charge in [0.2, 0.25) is 0 Å². The number of hydrogen-bond donors (Lipinski definition) is 1. The second-order valence-corrected chi connectivity index (χ2v) is 7.34. The highest BCUT2D eigenvalue weighted by atomic mass is 19.4. The number of benzene rings is 1. The summed E-state index contributed by atoms with van der Waals surface area (Å²) in [6.45, 7) is 8.45. The minimum atomic E-state index is -4.63. The molecule has 2 rings (SSSR count). The van der Waals surface area contributed by atoms with E-state index in [9.17, 15) is 23.1 Å². The maximum atomic E-state index is 13.8. The van der Waals surface area contributed by atoms with Crippen molar-refractivity contribution >= 4 is 5.97 Å². The molecule has 0 amide bonds. The van der Waals surface area contributed by atoms with E-state index in [2.05, 4.69) is 4.98 Å². The Balaban J connectivity index is 3.08. The molecular formula is C22H26F3NO3. The van der Waals surface area contributed by atoms with E-state index in [4.69, 9.17) is 4.74 Å². The Morgan fingerprint density at radius 3 is 2.17 bits per heavy atom. The van der Waals surface area contributed by atoms with Gasteiger partial charge in [-0.25, -0.2) is 4.79 Å². The third kappa shape index (κ3) is 4.61. The third-order valence-electron chi connectivity index (χ3n) is 4.59.